The van der Waals surface area contributed by atoms with E-state index in [0.29, 0.717) is 12.3 Å². The molecular weight excluding hydrogens is 260 g/mol. The molecule has 0 heterocycles. The van der Waals surface area contributed by atoms with Crippen LogP contribution < -0.4 is 5.73 Å². The first-order valence-electron chi connectivity index (χ1n) is 5.85. The minimum Gasteiger partial charge on any atom is -0.326 e. The molecule has 0 spiro atoms. The smallest absolute Gasteiger partial charge is 0.273 e. The van der Waals surface area contributed by atoms with Crippen LogP contribution in [-0.4, -0.2) is 4.92 Å². The third-order valence-electron chi connectivity index (χ3n) is 2.72. The number of hydrogen-bond acceptors (Lipinski definition) is 4. The lowest BCUT2D eigenvalue weighted by Gasteiger charge is -2.04. The number of para-hydroxylation sites is 1. The molecule has 5 heteroatoms. The van der Waals surface area contributed by atoms with Crippen LogP contribution in [0.25, 0.3) is 0 Å². The van der Waals surface area contributed by atoms with Gasteiger partial charge in [-0.25, -0.2) is 0 Å². The summed E-state index contributed by atoms with van der Waals surface area (Å²) in [6.45, 7) is 0.500. The highest BCUT2D eigenvalue weighted by Crippen LogP contribution is 2.28. The number of rotatable bonds is 5. The standard InChI is InChI=1S/C14H14N2O2S/c15-9-11-4-3-6-13(8-11)19-10-12-5-1-2-7-14(12)16(17)18/h1-8H,9-10,15H2. The maximum atomic E-state index is 10.9. The van der Waals surface area contributed by atoms with E-state index < -0.39 is 0 Å². The number of nitrogens with two attached hydrogens (primary N) is 1. The Morgan fingerprint density at radius 2 is 1.95 bits per heavy atom. The molecule has 0 aliphatic carbocycles. The predicted molar refractivity (Wildman–Crippen MR) is 77.0 cm³/mol. The molecule has 0 aromatic heterocycles. The molecule has 98 valence electrons. The largest absolute Gasteiger partial charge is 0.326 e. The van der Waals surface area contributed by atoms with Crippen LogP contribution in [0.3, 0.4) is 0 Å². The van der Waals surface area contributed by atoms with Gasteiger partial charge in [-0.05, 0) is 17.7 Å². The molecule has 0 saturated carbocycles. The highest BCUT2D eigenvalue weighted by Gasteiger charge is 2.12. The van der Waals surface area contributed by atoms with Crippen molar-refractivity contribution < 1.29 is 4.92 Å². The topological polar surface area (TPSA) is 69.2 Å². The van der Waals surface area contributed by atoms with E-state index in [4.69, 9.17) is 5.73 Å². The Kier molecular flexibility index (Phi) is 4.54. The average Bonchev–Trinajstić information content (AvgIpc) is 2.45. The molecule has 2 rings (SSSR count). The van der Waals surface area contributed by atoms with Gasteiger partial charge in [0, 0.05) is 28.8 Å². The number of benzene rings is 2. The Morgan fingerprint density at radius 1 is 1.16 bits per heavy atom. The highest BCUT2D eigenvalue weighted by atomic mass is 32.2. The van der Waals surface area contributed by atoms with Gasteiger partial charge in [0.1, 0.15) is 0 Å². The number of thioether (sulfide) groups is 1. The molecule has 0 amide bonds. The molecular formula is C14H14N2O2S. The summed E-state index contributed by atoms with van der Waals surface area (Å²) in [7, 11) is 0. The Bertz CT molecular complexity index is 587. The zero-order chi connectivity index (χ0) is 13.7. The molecule has 0 bridgehead atoms. The molecule has 0 saturated heterocycles. The molecule has 2 aromatic rings. The van der Waals surface area contributed by atoms with Crippen molar-refractivity contribution in [3.8, 4) is 0 Å². The van der Waals surface area contributed by atoms with E-state index in [1.54, 1.807) is 23.9 Å². The van der Waals surface area contributed by atoms with Gasteiger partial charge in [0.15, 0.2) is 0 Å². The van der Waals surface area contributed by atoms with Crippen LogP contribution >= 0.6 is 11.8 Å². The predicted octanol–water partition coefficient (Wildman–Crippen LogP) is 3.35. The summed E-state index contributed by atoms with van der Waals surface area (Å²) in [4.78, 5) is 11.6. The van der Waals surface area contributed by atoms with Crippen molar-refractivity contribution in [1.82, 2.24) is 0 Å². The number of nitro benzene ring substituents is 1. The van der Waals surface area contributed by atoms with Crippen molar-refractivity contribution in [2.75, 3.05) is 0 Å². The van der Waals surface area contributed by atoms with E-state index >= 15 is 0 Å². The molecule has 0 unspecified atom stereocenters. The normalized spacial score (nSPS) is 10.4. The van der Waals surface area contributed by atoms with Crippen LogP contribution in [0, 0.1) is 10.1 Å². The van der Waals surface area contributed by atoms with Crippen molar-refractivity contribution in [2.24, 2.45) is 5.73 Å². The average molecular weight is 274 g/mol. The maximum Gasteiger partial charge on any atom is 0.273 e. The van der Waals surface area contributed by atoms with Crippen LogP contribution in [0.2, 0.25) is 0 Å². The Morgan fingerprint density at radius 3 is 2.68 bits per heavy atom. The van der Waals surface area contributed by atoms with Gasteiger partial charge in [-0.3, -0.25) is 10.1 Å². The second-order valence-electron chi connectivity index (χ2n) is 4.03. The Hall–Kier alpha value is -1.85. The minimum atomic E-state index is -0.341. The molecule has 0 aliphatic heterocycles. The van der Waals surface area contributed by atoms with Crippen molar-refractivity contribution in [3.05, 3.63) is 69.8 Å². The summed E-state index contributed by atoms with van der Waals surface area (Å²) in [5.74, 6) is 0.575. The van der Waals surface area contributed by atoms with E-state index in [1.165, 1.54) is 6.07 Å². The highest BCUT2D eigenvalue weighted by molar-refractivity contribution is 7.98. The van der Waals surface area contributed by atoms with Gasteiger partial charge < -0.3 is 5.73 Å². The zero-order valence-corrected chi connectivity index (χ0v) is 11.1. The van der Waals surface area contributed by atoms with Gasteiger partial charge in [0.05, 0.1) is 4.92 Å². The van der Waals surface area contributed by atoms with Gasteiger partial charge in [0.2, 0.25) is 0 Å². The van der Waals surface area contributed by atoms with Gasteiger partial charge in [0.25, 0.3) is 5.69 Å². The van der Waals surface area contributed by atoms with Gasteiger partial charge >= 0.3 is 0 Å². The summed E-state index contributed by atoms with van der Waals surface area (Å²) >= 11 is 1.57. The van der Waals surface area contributed by atoms with Crippen molar-refractivity contribution in [1.29, 1.82) is 0 Å². The fourth-order valence-corrected chi connectivity index (χ4v) is 2.71. The summed E-state index contributed by atoms with van der Waals surface area (Å²) in [6, 6.07) is 14.7. The first-order chi connectivity index (χ1) is 9.20. The summed E-state index contributed by atoms with van der Waals surface area (Å²) < 4.78 is 0. The fraction of sp³-hybridized carbons (Fsp3) is 0.143. The molecule has 0 atom stereocenters. The van der Waals surface area contributed by atoms with Crippen LogP contribution in [0.15, 0.2) is 53.4 Å². The van der Waals surface area contributed by atoms with E-state index in [1.807, 2.05) is 30.3 Å². The Balaban J connectivity index is 2.12. The molecule has 0 fully saturated rings. The first kappa shape index (κ1) is 13.6. The zero-order valence-electron chi connectivity index (χ0n) is 10.3. The van der Waals surface area contributed by atoms with E-state index in [-0.39, 0.29) is 10.6 Å². The van der Waals surface area contributed by atoms with Gasteiger partial charge in [-0.1, -0.05) is 30.3 Å². The SMILES string of the molecule is NCc1cccc(SCc2ccccc2[N+](=O)[O-])c1. The lowest BCUT2D eigenvalue weighted by atomic mass is 10.2. The van der Waals surface area contributed by atoms with E-state index in [2.05, 4.69) is 0 Å². The molecule has 0 aliphatic rings. The van der Waals surface area contributed by atoms with Crippen LogP contribution in [-0.2, 0) is 12.3 Å². The van der Waals surface area contributed by atoms with Crippen LogP contribution in [0.5, 0.6) is 0 Å². The molecule has 0 radical (unpaired) electrons. The Labute approximate surface area is 115 Å². The van der Waals surface area contributed by atoms with Crippen molar-refractivity contribution in [3.63, 3.8) is 0 Å². The van der Waals surface area contributed by atoms with E-state index in [9.17, 15) is 10.1 Å². The molecule has 2 N–H and O–H groups in total. The minimum absolute atomic E-state index is 0.171. The molecule has 19 heavy (non-hydrogen) atoms. The lowest BCUT2D eigenvalue weighted by Crippen LogP contribution is -1.96. The summed E-state index contributed by atoms with van der Waals surface area (Å²) in [6.07, 6.45) is 0. The monoisotopic (exact) mass is 274 g/mol. The summed E-state index contributed by atoms with van der Waals surface area (Å²) in [5, 5.41) is 10.9. The second-order valence-corrected chi connectivity index (χ2v) is 5.07. The van der Waals surface area contributed by atoms with Crippen LogP contribution in [0.4, 0.5) is 5.69 Å². The van der Waals surface area contributed by atoms with E-state index in [0.717, 1.165) is 16.0 Å². The second kappa shape index (κ2) is 6.36. The third kappa shape index (κ3) is 3.56. The third-order valence-corrected chi connectivity index (χ3v) is 3.76. The van der Waals surface area contributed by atoms with Gasteiger partial charge in [-0.2, -0.15) is 0 Å². The number of hydrogen-bond donors (Lipinski definition) is 1. The fourth-order valence-electron chi connectivity index (χ4n) is 1.73. The maximum absolute atomic E-state index is 10.9. The number of nitrogens with zero attached hydrogens (tertiary/aromatic N) is 1. The quantitative estimate of drug-likeness (QED) is 0.515. The molecule has 2 aromatic carbocycles. The first-order valence-corrected chi connectivity index (χ1v) is 6.83. The van der Waals surface area contributed by atoms with Gasteiger partial charge in [-0.15, -0.1) is 11.8 Å². The van der Waals surface area contributed by atoms with Crippen molar-refractivity contribution in [2.45, 2.75) is 17.2 Å². The molecule has 4 nitrogen and oxygen atoms in total. The van der Waals surface area contributed by atoms with Crippen LogP contribution in [0.1, 0.15) is 11.1 Å². The number of nitro groups is 1. The summed E-state index contributed by atoms with van der Waals surface area (Å²) in [5.41, 5.74) is 7.56. The lowest BCUT2D eigenvalue weighted by molar-refractivity contribution is -0.385. The van der Waals surface area contributed by atoms with Crippen molar-refractivity contribution >= 4 is 17.4 Å².